The second-order valence-electron chi connectivity index (χ2n) is 6.34. The summed E-state index contributed by atoms with van der Waals surface area (Å²) in [5, 5.41) is 11.9. The van der Waals surface area contributed by atoms with E-state index < -0.39 is 0 Å². The summed E-state index contributed by atoms with van der Waals surface area (Å²) < 4.78 is 1.85. The number of carbonyl (C=O) groups is 1. The molecule has 27 heavy (non-hydrogen) atoms. The van der Waals surface area contributed by atoms with E-state index >= 15 is 0 Å². The van der Waals surface area contributed by atoms with Crippen LogP contribution in [0.1, 0.15) is 21.5 Å². The van der Waals surface area contributed by atoms with Crippen molar-refractivity contribution in [1.29, 1.82) is 0 Å². The van der Waals surface area contributed by atoms with Crippen LogP contribution in [0.15, 0.2) is 66.7 Å². The van der Waals surface area contributed by atoms with Gasteiger partial charge in [0.05, 0.1) is 12.1 Å². The van der Waals surface area contributed by atoms with Gasteiger partial charge < -0.3 is 5.32 Å². The summed E-state index contributed by atoms with van der Waals surface area (Å²) in [7, 11) is 0. The van der Waals surface area contributed by atoms with E-state index in [2.05, 4.69) is 34.7 Å². The Bertz CT molecular complexity index is 1120. The molecule has 0 unspecified atom stereocenters. The molecule has 0 spiro atoms. The molecule has 0 aliphatic rings. The van der Waals surface area contributed by atoms with Crippen molar-refractivity contribution in [1.82, 2.24) is 15.0 Å². The number of halogens is 1. The molecule has 0 radical (unpaired) electrons. The highest BCUT2D eigenvalue weighted by atomic mass is 35.5. The molecule has 1 aromatic heterocycles. The fourth-order valence-electron chi connectivity index (χ4n) is 2.92. The number of anilines is 1. The largest absolute Gasteiger partial charge is 0.322 e. The maximum atomic E-state index is 12.5. The molecule has 0 aliphatic heterocycles. The minimum Gasteiger partial charge on any atom is -0.322 e. The lowest BCUT2D eigenvalue weighted by molar-refractivity contribution is 0.102. The molecule has 4 rings (SSSR count). The first-order valence-corrected chi connectivity index (χ1v) is 8.92. The second kappa shape index (κ2) is 7.21. The Balaban J connectivity index is 1.57. The first kappa shape index (κ1) is 17.2. The van der Waals surface area contributed by atoms with E-state index in [1.807, 2.05) is 22.9 Å². The van der Waals surface area contributed by atoms with Gasteiger partial charge in [0.15, 0.2) is 0 Å². The Morgan fingerprint density at radius 1 is 1.07 bits per heavy atom. The van der Waals surface area contributed by atoms with Crippen LogP contribution in [0.3, 0.4) is 0 Å². The molecule has 0 fully saturated rings. The highest BCUT2D eigenvalue weighted by Gasteiger charge is 2.11. The summed E-state index contributed by atoms with van der Waals surface area (Å²) in [5.74, 6) is -0.201. The number of aryl methyl sites for hydroxylation is 1. The number of fused-ring (bicyclic) bond motifs is 1. The SMILES string of the molecule is Cc1ccccc1Cn1nnc2cc(C(=O)Nc3ccc(Cl)cc3)ccc21. The number of hydrogen-bond donors (Lipinski definition) is 1. The van der Waals surface area contributed by atoms with Crippen LogP contribution in [-0.4, -0.2) is 20.9 Å². The lowest BCUT2D eigenvalue weighted by atomic mass is 10.1. The Labute approximate surface area is 161 Å². The summed E-state index contributed by atoms with van der Waals surface area (Å²) in [5.41, 5.74) is 5.19. The minimum atomic E-state index is -0.201. The second-order valence-corrected chi connectivity index (χ2v) is 6.77. The van der Waals surface area contributed by atoms with Gasteiger partial charge in [-0.1, -0.05) is 41.1 Å². The van der Waals surface area contributed by atoms with Crippen molar-refractivity contribution >= 4 is 34.2 Å². The molecule has 3 aromatic carbocycles. The van der Waals surface area contributed by atoms with Crippen LogP contribution < -0.4 is 5.32 Å². The summed E-state index contributed by atoms with van der Waals surface area (Å²) >= 11 is 5.87. The van der Waals surface area contributed by atoms with Crippen LogP contribution >= 0.6 is 11.6 Å². The maximum absolute atomic E-state index is 12.5. The number of nitrogens with one attached hydrogen (secondary N) is 1. The molecule has 0 bridgehead atoms. The van der Waals surface area contributed by atoms with E-state index in [0.29, 0.717) is 28.3 Å². The van der Waals surface area contributed by atoms with E-state index in [9.17, 15) is 4.79 Å². The van der Waals surface area contributed by atoms with Gasteiger partial charge in [0, 0.05) is 16.3 Å². The quantitative estimate of drug-likeness (QED) is 0.562. The Kier molecular flexibility index (Phi) is 4.60. The Morgan fingerprint density at radius 3 is 2.63 bits per heavy atom. The van der Waals surface area contributed by atoms with Gasteiger partial charge >= 0.3 is 0 Å². The van der Waals surface area contributed by atoms with Gasteiger partial charge in [-0.15, -0.1) is 5.10 Å². The normalized spacial score (nSPS) is 10.9. The van der Waals surface area contributed by atoms with Crippen molar-refractivity contribution in [2.24, 2.45) is 0 Å². The lowest BCUT2D eigenvalue weighted by Crippen LogP contribution is -2.11. The van der Waals surface area contributed by atoms with E-state index in [1.165, 1.54) is 11.1 Å². The number of nitrogens with zero attached hydrogens (tertiary/aromatic N) is 3. The molecule has 5 nitrogen and oxygen atoms in total. The van der Waals surface area contributed by atoms with Crippen LogP contribution in [-0.2, 0) is 6.54 Å². The Hall–Kier alpha value is -3.18. The van der Waals surface area contributed by atoms with E-state index in [4.69, 9.17) is 11.6 Å². The van der Waals surface area contributed by atoms with Crippen LogP contribution in [0, 0.1) is 6.92 Å². The molecule has 0 saturated heterocycles. The van der Waals surface area contributed by atoms with E-state index in [-0.39, 0.29) is 5.91 Å². The van der Waals surface area contributed by atoms with Gasteiger partial charge in [-0.2, -0.15) is 0 Å². The smallest absolute Gasteiger partial charge is 0.255 e. The summed E-state index contributed by atoms with van der Waals surface area (Å²) in [6.45, 7) is 2.72. The molecular formula is C21H17ClN4O. The lowest BCUT2D eigenvalue weighted by Gasteiger charge is -2.07. The van der Waals surface area contributed by atoms with Gasteiger partial charge in [-0.3, -0.25) is 4.79 Å². The Morgan fingerprint density at radius 2 is 1.85 bits per heavy atom. The molecule has 4 aromatic rings. The van der Waals surface area contributed by atoms with Crippen molar-refractivity contribution in [2.45, 2.75) is 13.5 Å². The predicted molar refractivity (Wildman–Crippen MR) is 107 cm³/mol. The van der Waals surface area contributed by atoms with Crippen molar-refractivity contribution in [3.8, 4) is 0 Å². The molecule has 0 saturated carbocycles. The van der Waals surface area contributed by atoms with Gasteiger partial charge in [-0.25, -0.2) is 4.68 Å². The zero-order chi connectivity index (χ0) is 18.8. The molecule has 6 heteroatoms. The number of hydrogen-bond acceptors (Lipinski definition) is 3. The molecule has 134 valence electrons. The zero-order valence-corrected chi connectivity index (χ0v) is 15.4. The van der Waals surface area contributed by atoms with E-state index in [1.54, 1.807) is 36.4 Å². The highest BCUT2D eigenvalue weighted by Crippen LogP contribution is 2.18. The molecule has 1 N–H and O–H groups in total. The molecule has 0 atom stereocenters. The predicted octanol–water partition coefficient (Wildman–Crippen LogP) is 4.69. The van der Waals surface area contributed by atoms with Crippen molar-refractivity contribution in [3.05, 3.63) is 88.4 Å². The standard InChI is InChI=1S/C21H17ClN4O/c1-14-4-2-3-5-16(14)13-26-20-11-6-15(12-19(20)24-25-26)21(27)23-18-9-7-17(22)8-10-18/h2-12H,13H2,1H3,(H,23,27). The molecule has 1 amide bonds. The van der Waals surface area contributed by atoms with Crippen molar-refractivity contribution < 1.29 is 4.79 Å². The third kappa shape index (κ3) is 3.68. The molecule has 0 aliphatic carbocycles. The number of carbonyl (C=O) groups excluding carboxylic acids is 1. The zero-order valence-electron chi connectivity index (χ0n) is 14.7. The van der Waals surface area contributed by atoms with Gasteiger partial charge in [0.1, 0.15) is 5.52 Å². The molecular weight excluding hydrogens is 360 g/mol. The van der Waals surface area contributed by atoms with Crippen molar-refractivity contribution in [2.75, 3.05) is 5.32 Å². The number of amides is 1. The van der Waals surface area contributed by atoms with Gasteiger partial charge in [0.2, 0.25) is 0 Å². The number of rotatable bonds is 4. The van der Waals surface area contributed by atoms with Gasteiger partial charge in [0.25, 0.3) is 5.91 Å². The maximum Gasteiger partial charge on any atom is 0.255 e. The number of aromatic nitrogens is 3. The summed E-state index contributed by atoms with van der Waals surface area (Å²) in [6, 6.07) is 20.6. The van der Waals surface area contributed by atoms with Crippen LogP contribution in [0.2, 0.25) is 5.02 Å². The number of benzene rings is 3. The topological polar surface area (TPSA) is 59.8 Å². The highest BCUT2D eigenvalue weighted by molar-refractivity contribution is 6.30. The first-order valence-electron chi connectivity index (χ1n) is 8.55. The first-order chi connectivity index (χ1) is 13.1. The average molecular weight is 377 g/mol. The van der Waals surface area contributed by atoms with Gasteiger partial charge in [-0.05, 0) is 60.5 Å². The fourth-order valence-corrected chi connectivity index (χ4v) is 3.04. The fraction of sp³-hybridized carbons (Fsp3) is 0.0952. The summed E-state index contributed by atoms with van der Waals surface area (Å²) in [4.78, 5) is 12.5. The summed E-state index contributed by atoms with van der Waals surface area (Å²) in [6.07, 6.45) is 0. The monoisotopic (exact) mass is 376 g/mol. The average Bonchev–Trinajstić information content (AvgIpc) is 3.07. The van der Waals surface area contributed by atoms with Crippen LogP contribution in [0.5, 0.6) is 0 Å². The van der Waals surface area contributed by atoms with Crippen LogP contribution in [0.25, 0.3) is 11.0 Å². The minimum absolute atomic E-state index is 0.201. The third-order valence-electron chi connectivity index (χ3n) is 4.46. The third-order valence-corrected chi connectivity index (χ3v) is 4.71. The van der Waals surface area contributed by atoms with Crippen LogP contribution in [0.4, 0.5) is 5.69 Å². The molecule has 1 heterocycles. The van der Waals surface area contributed by atoms with E-state index in [0.717, 1.165) is 5.52 Å². The van der Waals surface area contributed by atoms with Crippen molar-refractivity contribution in [3.63, 3.8) is 0 Å².